The zero-order valence-electron chi connectivity index (χ0n) is 16.0. The van der Waals surface area contributed by atoms with Gasteiger partial charge in [-0.2, -0.15) is 0 Å². The van der Waals surface area contributed by atoms with E-state index in [2.05, 4.69) is 20.3 Å². The molecule has 148 valence electrons. The molecule has 0 aliphatic carbocycles. The standard InChI is InChI=1S/C21H18F3N5/c1-11(2)29-12(3)26-20-16(23)7-13(8-18(20)29)19-17(24)10-25-21(28-19)27-15-6-4-5-14(22)9-15/h4-11H,1-3H3,(H,25,27,28). The van der Waals surface area contributed by atoms with E-state index in [9.17, 15) is 13.2 Å². The van der Waals surface area contributed by atoms with Crippen LogP contribution in [0.4, 0.5) is 24.8 Å². The molecule has 0 amide bonds. The third kappa shape index (κ3) is 3.53. The summed E-state index contributed by atoms with van der Waals surface area (Å²) in [5.74, 6) is -0.940. The van der Waals surface area contributed by atoms with Crippen molar-refractivity contribution in [3.63, 3.8) is 0 Å². The van der Waals surface area contributed by atoms with Gasteiger partial charge >= 0.3 is 0 Å². The van der Waals surface area contributed by atoms with Gasteiger partial charge in [0.05, 0.1) is 11.7 Å². The number of benzene rings is 2. The summed E-state index contributed by atoms with van der Waals surface area (Å²) >= 11 is 0. The molecule has 0 spiro atoms. The van der Waals surface area contributed by atoms with Crippen LogP contribution in [0.2, 0.25) is 0 Å². The second kappa shape index (κ2) is 7.20. The van der Waals surface area contributed by atoms with E-state index < -0.39 is 17.5 Å². The first kappa shape index (κ1) is 18.9. The van der Waals surface area contributed by atoms with Crippen LogP contribution >= 0.6 is 0 Å². The number of nitrogens with one attached hydrogen (secondary N) is 1. The molecule has 0 atom stereocenters. The van der Waals surface area contributed by atoms with Crippen molar-refractivity contribution >= 4 is 22.7 Å². The molecular weight excluding hydrogens is 379 g/mol. The largest absolute Gasteiger partial charge is 0.326 e. The number of halogens is 3. The molecule has 8 heteroatoms. The van der Waals surface area contributed by atoms with Gasteiger partial charge in [0.2, 0.25) is 5.95 Å². The summed E-state index contributed by atoms with van der Waals surface area (Å²) in [4.78, 5) is 12.4. The van der Waals surface area contributed by atoms with E-state index >= 15 is 0 Å². The summed E-state index contributed by atoms with van der Waals surface area (Å²) in [5, 5.41) is 2.83. The third-order valence-corrected chi connectivity index (χ3v) is 4.54. The minimum absolute atomic E-state index is 0.0510. The molecule has 2 aromatic heterocycles. The van der Waals surface area contributed by atoms with Crippen molar-refractivity contribution in [3.05, 3.63) is 65.9 Å². The van der Waals surface area contributed by atoms with Crippen LogP contribution in [0.25, 0.3) is 22.3 Å². The fraction of sp³-hybridized carbons (Fsp3) is 0.190. The molecule has 0 fully saturated rings. The summed E-state index contributed by atoms with van der Waals surface area (Å²) in [6.45, 7) is 5.72. The van der Waals surface area contributed by atoms with Crippen molar-refractivity contribution in [2.45, 2.75) is 26.8 Å². The molecule has 0 saturated carbocycles. The van der Waals surface area contributed by atoms with Crippen LogP contribution in [-0.4, -0.2) is 19.5 Å². The highest BCUT2D eigenvalue weighted by molar-refractivity contribution is 5.83. The third-order valence-electron chi connectivity index (χ3n) is 4.54. The molecule has 5 nitrogen and oxygen atoms in total. The van der Waals surface area contributed by atoms with E-state index in [1.54, 1.807) is 19.1 Å². The highest BCUT2D eigenvalue weighted by Crippen LogP contribution is 2.30. The number of aryl methyl sites for hydroxylation is 1. The lowest BCUT2D eigenvalue weighted by molar-refractivity contribution is 0.600. The fourth-order valence-corrected chi connectivity index (χ4v) is 3.38. The van der Waals surface area contributed by atoms with Gasteiger partial charge in [-0.25, -0.2) is 28.1 Å². The Kier molecular flexibility index (Phi) is 4.70. The Morgan fingerprint density at radius 2 is 1.79 bits per heavy atom. The summed E-state index contributed by atoms with van der Waals surface area (Å²) < 4.78 is 44.5. The SMILES string of the molecule is Cc1nc2c(F)cc(-c3nc(Nc4cccc(F)c4)ncc3F)cc2n1C(C)C. The second-order valence-corrected chi connectivity index (χ2v) is 6.97. The lowest BCUT2D eigenvalue weighted by Gasteiger charge is -2.12. The fourth-order valence-electron chi connectivity index (χ4n) is 3.38. The van der Waals surface area contributed by atoms with E-state index in [1.807, 2.05) is 18.4 Å². The Morgan fingerprint density at radius 1 is 1.00 bits per heavy atom. The normalized spacial score (nSPS) is 11.4. The van der Waals surface area contributed by atoms with Crippen molar-refractivity contribution in [2.75, 3.05) is 5.32 Å². The van der Waals surface area contributed by atoms with E-state index in [0.29, 0.717) is 17.0 Å². The first-order valence-corrected chi connectivity index (χ1v) is 9.07. The van der Waals surface area contributed by atoms with Gasteiger partial charge in [0.1, 0.15) is 22.9 Å². The molecule has 0 radical (unpaired) electrons. The Balaban J connectivity index is 1.82. The quantitative estimate of drug-likeness (QED) is 0.491. The molecule has 1 N–H and O–H groups in total. The highest BCUT2D eigenvalue weighted by atomic mass is 19.1. The number of hydrogen-bond donors (Lipinski definition) is 1. The van der Waals surface area contributed by atoms with Crippen molar-refractivity contribution in [1.82, 2.24) is 19.5 Å². The van der Waals surface area contributed by atoms with Crippen LogP contribution < -0.4 is 5.32 Å². The van der Waals surface area contributed by atoms with Gasteiger partial charge in [-0.15, -0.1) is 0 Å². The van der Waals surface area contributed by atoms with Crippen LogP contribution in [0.5, 0.6) is 0 Å². The molecule has 0 aliphatic rings. The number of imidazole rings is 1. The zero-order chi connectivity index (χ0) is 20.7. The highest BCUT2D eigenvalue weighted by Gasteiger charge is 2.18. The van der Waals surface area contributed by atoms with E-state index in [-0.39, 0.29) is 28.8 Å². The molecule has 2 aromatic carbocycles. The number of anilines is 2. The number of rotatable bonds is 4. The maximum absolute atomic E-state index is 14.7. The van der Waals surface area contributed by atoms with Crippen LogP contribution in [-0.2, 0) is 0 Å². The van der Waals surface area contributed by atoms with Crippen LogP contribution in [0, 0.1) is 24.4 Å². The summed E-state index contributed by atoms with van der Waals surface area (Å²) in [5.41, 5.74) is 1.41. The molecule has 29 heavy (non-hydrogen) atoms. The number of hydrogen-bond acceptors (Lipinski definition) is 4. The predicted octanol–water partition coefficient (Wildman–Crippen LogP) is 5.54. The Labute approximate surface area is 165 Å². The van der Waals surface area contributed by atoms with E-state index in [0.717, 1.165) is 6.20 Å². The van der Waals surface area contributed by atoms with Gasteiger partial charge in [0.15, 0.2) is 11.6 Å². The van der Waals surface area contributed by atoms with Crippen LogP contribution in [0.15, 0.2) is 42.6 Å². The Hall–Kier alpha value is -3.42. The number of aromatic nitrogens is 4. The molecule has 4 aromatic rings. The van der Waals surface area contributed by atoms with Crippen LogP contribution in [0.1, 0.15) is 25.7 Å². The Bertz CT molecular complexity index is 1220. The van der Waals surface area contributed by atoms with Crippen molar-refractivity contribution in [1.29, 1.82) is 0 Å². The summed E-state index contributed by atoms with van der Waals surface area (Å²) in [7, 11) is 0. The van der Waals surface area contributed by atoms with Crippen molar-refractivity contribution < 1.29 is 13.2 Å². The van der Waals surface area contributed by atoms with Gasteiger partial charge in [0, 0.05) is 17.3 Å². The molecule has 0 bridgehead atoms. The van der Waals surface area contributed by atoms with Gasteiger partial charge in [0.25, 0.3) is 0 Å². The van der Waals surface area contributed by atoms with Crippen molar-refractivity contribution in [3.8, 4) is 11.3 Å². The predicted molar refractivity (Wildman–Crippen MR) is 105 cm³/mol. The van der Waals surface area contributed by atoms with E-state index in [1.165, 1.54) is 24.3 Å². The maximum atomic E-state index is 14.7. The average molecular weight is 397 g/mol. The topological polar surface area (TPSA) is 55.6 Å². The summed E-state index contributed by atoms with van der Waals surface area (Å²) in [6, 6.07) is 8.65. The second-order valence-electron chi connectivity index (χ2n) is 6.97. The monoisotopic (exact) mass is 397 g/mol. The van der Waals surface area contributed by atoms with E-state index in [4.69, 9.17) is 0 Å². The smallest absolute Gasteiger partial charge is 0.227 e. The first-order chi connectivity index (χ1) is 13.8. The molecule has 0 aliphatic heterocycles. The molecule has 0 saturated heterocycles. The average Bonchev–Trinajstić information content (AvgIpc) is 3.00. The van der Waals surface area contributed by atoms with Crippen molar-refractivity contribution in [2.24, 2.45) is 0 Å². The van der Waals surface area contributed by atoms with Gasteiger partial charge in [-0.05, 0) is 51.1 Å². The van der Waals surface area contributed by atoms with Gasteiger partial charge < -0.3 is 9.88 Å². The molecule has 2 heterocycles. The number of fused-ring (bicyclic) bond motifs is 1. The summed E-state index contributed by atoms with van der Waals surface area (Å²) in [6.07, 6.45) is 0.997. The minimum Gasteiger partial charge on any atom is -0.326 e. The lowest BCUT2D eigenvalue weighted by Crippen LogP contribution is -2.03. The lowest BCUT2D eigenvalue weighted by atomic mass is 10.1. The molecular formula is C21H18F3N5. The number of nitrogens with zero attached hydrogens (tertiary/aromatic N) is 4. The first-order valence-electron chi connectivity index (χ1n) is 9.07. The van der Waals surface area contributed by atoms with Gasteiger partial charge in [-0.3, -0.25) is 0 Å². The Morgan fingerprint density at radius 3 is 2.52 bits per heavy atom. The molecule has 4 rings (SSSR count). The minimum atomic E-state index is -0.694. The maximum Gasteiger partial charge on any atom is 0.227 e. The zero-order valence-corrected chi connectivity index (χ0v) is 16.0. The van der Waals surface area contributed by atoms with Gasteiger partial charge in [-0.1, -0.05) is 6.07 Å². The molecule has 0 unspecified atom stereocenters. The van der Waals surface area contributed by atoms with Crippen LogP contribution in [0.3, 0.4) is 0 Å².